The maximum Gasteiger partial charge on any atom is 0.356 e. The first-order valence-electron chi connectivity index (χ1n) is 11.6. The fourth-order valence-corrected chi connectivity index (χ4v) is 3.82. The van der Waals surface area contributed by atoms with Gasteiger partial charge in [-0.3, -0.25) is 4.57 Å². The predicted molar refractivity (Wildman–Crippen MR) is 129 cm³/mol. The zero-order valence-electron chi connectivity index (χ0n) is 20.4. The standard InChI is InChI=1S/C24H30FN7O3/c1-5-35-21(33)19-14-20(24(2,3)4)28-32(19)16-31-15-26-22(27-23(31)34)30-12-10-29(11-13-30)18-8-6-17(25)7-9-18/h6-9,14-15H,5,10-13,16H2,1-4H3. The molecule has 1 aliphatic heterocycles. The third kappa shape index (κ3) is 5.50. The molecule has 3 aromatic rings. The van der Waals surface area contributed by atoms with Gasteiger partial charge in [0, 0.05) is 37.3 Å². The molecule has 2 aromatic heterocycles. The number of hydrogen-bond acceptors (Lipinski definition) is 8. The minimum Gasteiger partial charge on any atom is -0.461 e. The lowest BCUT2D eigenvalue weighted by Crippen LogP contribution is -2.47. The Morgan fingerprint density at radius 2 is 1.74 bits per heavy atom. The predicted octanol–water partition coefficient (Wildman–Crippen LogP) is 2.28. The summed E-state index contributed by atoms with van der Waals surface area (Å²) in [6.07, 6.45) is 1.42. The number of ether oxygens (including phenoxy) is 1. The molecule has 1 saturated heterocycles. The molecule has 0 unspecified atom stereocenters. The third-order valence-corrected chi connectivity index (χ3v) is 5.83. The average Bonchev–Trinajstić information content (AvgIpc) is 3.26. The van der Waals surface area contributed by atoms with Crippen LogP contribution < -0.4 is 15.5 Å². The van der Waals surface area contributed by atoms with Crippen molar-refractivity contribution in [3.63, 3.8) is 0 Å². The van der Waals surface area contributed by atoms with Crippen molar-refractivity contribution < 1.29 is 13.9 Å². The van der Waals surface area contributed by atoms with Gasteiger partial charge in [0.05, 0.1) is 12.3 Å². The molecule has 186 valence electrons. The maximum absolute atomic E-state index is 13.2. The van der Waals surface area contributed by atoms with Crippen LogP contribution >= 0.6 is 0 Å². The molecule has 0 amide bonds. The highest BCUT2D eigenvalue weighted by molar-refractivity contribution is 5.87. The van der Waals surface area contributed by atoms with Crippen LogP contribution in [-0.4, -0.2) is 63.1 Å². The van der Waals surface area contributed by atoms with Gasteiger partial charge in [0.15, 0.2) is 0 Å². The Hall–Kier alpha value is -3.76. The van der Waals surface area contributed by atoms with Crippen molar-refractivity contribution in [3.8, 4) is 0 Å². The molecule has 0 atom stereocenters. The molecule has 4 rings (SSSR count). The molecule has 0 N–H and O–H groups in total. The number of benzene rings is 1. The van der Waals surface area contributed by atoms with E-state index in [2.05, 4.69) is 20.0 Å². The molecule has 1 fully saturated rings. The summed E-state index contributed by atoms with van der Waals surface area (Å²) in [4.78, 5) is 37.9. The minimum absolute atomic E-state index is 0.0122. The van der Waals surface area contributed by atoms with Gasteiger partial charge in [-0.05, 0) is 37.3 Å². The monoisotopic (exact) mass is 483 g/mol. The molecular weight excluding hydrogens is 453 g/mol. The van der Waals surface area contributed by atoms with E-state index in [0.717, 1.165) is 5.69 Å². The quantitative estimate of drug-likeness (QED) is 0.493. The van der Waals surface area contributed by atoms with Gasteiger partial charge in [-0.2, -0.15) is 10.1 Å². The van der Waals surface area contributed by atoms with Crippen LogP contribution in [0, 0.1) is 5.82 Å². The van der Waals surface area contributed by atoms with Crippen molar-refractivity contribution >= 4 is 17.6 Å². The van der Waals surface area contributed by atoms with E-state index < -0.39 is 11.7 Å². The molecule has 35 heavy (non-hydrogen) atoms. The largest absolute Gasteiger partial charge is 0.461 e. The number of carbonyl (C=O) groups is 1. The molecule has 0 saturated carbocycles. The Balaban J connectivity index is 1.48. The number of piperazine rings is 1. The Labute approximate surface area is 203 Å². The van der Waals surface area contributed by atoms with E-state index in [9.17, 15) is 14.0 Å². The number of hydrogen-bond donors (Lipinski definition) is 0. The van der Waals surface area contributed by atoms with Crippen LogP contribution in [0.2, 0.25) is 0 Å². The van der Waals surface area contributed by atoms with Crippen molar-refractivity contribution in [3.05, 3.63) is 64.3 Å². The second kappa shape index (κ2) is 9.85. The van der Waals surface area contributed by atoms with Crippen LogP contribution in [0.4, 0.5) is 16.0 Å². The number of carbonyl (C=O) groups excluding carboxylic acids is 1. The lowest BCUT2D eigenvalue weighted by molar-refractivity contribution is 0.0511. The average molecular weight is 484 g/mol. The third-order valence-electron chi connectivity index (χ3n) is 5.83. The Bertz CT molecular complexity index is 1240. The van der Waals surface area contributed by atoms with Crippen LogP contribution in [0.15, 0.2) is 41.5 Å². The Morgan fingerprint density at radius 1 is 1.09 bits per heavy atom. The summed E-state index contributed by atoms with van der Waals surface area (Å²) < 4.78 is 21.1. The summed E-state index contributed by atoms with van der Waals surface area (Å²) in [5, 5.41) is 4.54. The van der Waals surface area contributed by atoms with Crippen molar-refractivity contribution in [2.75, 3.05) is 42.6 Å². The zero-order chi connectivity index (χ0) is 25.2. The normalized spacial score (nSPS) is 14.3. The molecule has 3 heterocycles. The van der Waals surface area contributed by atoms with Crippen LogP contribution in [0.1, 0.15) is 43.9 Å². The van der Waals surface area contributed by atoms with Crippen molar-refractivity contribution in [1.82, 2.24) is 24.3 Å². The number of esters is 1. The summed E-state index contributed by atoms with van der Waals surface area (Å²) in [5.41, 5.74) is 1.16. The van der Waals surface area contributed by atoms with Gasteiger partial charge in [-0.25, -0.2) is 23.6 Å². The van der Waals surface area contributed by atoms with E-state index in [-0.39, 0.29) is 30.2 Å². The van der Waals surface area contributed by atoms with Gasteiger partial charge in [-0.15, -0.1) is 0 Å². The van der Waals surface area contributed by atoms with Gasteiger partial charge in [0.25, 0.3) is 0 Å². The number of rotatable bonds is 6. The van der Waals surface area contributed by atoms with Crippen molar-refractivity contribution in [1.29, 1.82) is 0 Å². The molecule has 1 aliphatic rings. The summed E-state index contributed by atoms with van der Waals surface area (Å²) in [6, 6.07) is 8.10. The molecule has 11 heteroatoms. The second-order valence-corrected chi connectivity index (χ2v) is 9.39. The van der Waals surface area contributed by atoms with E-state index >= 15 is 0 Å². The van der Waals surface area contributed by atoms with E-state index in [4.69, 9.17) is 4.74 Å². The van der Waals surface area contributed by atoms with E-state index in [0.29, 0.717) is 37.8 Å². The van der Waals surface area contributed by atoms with Gasteiger partial charge >= 0.3 is 11.7 Å². The van der Waals surface area contributed by atoms with Gasteiger partial charge in [-0.1, -0.05) is 20.8 Å². The summed E-state index contributed by atoms with van der Waals surface area (Å²) >= 11 is 0. The lowest BCUT2D eigenvalue weighted by atomic mass is 9.92. The molecule has 0 aliphatic carbocycles. The minimum atomic E-state index is -0.500. The fourth-order valence-electron chi connectivity index (χ4n) is 3.82. The highest BCUT2D eigenvalue weighted by Crippen LogP contribution is 2.22. The molecule has 1 aromatic carbocycles. The van der Waals surface area contributed by atoms with Crippen molar-refractivity contribution in [2.24, 2.45) is 0 Å². The van der Waals surface area contributed by atoms with Gasteiger partial charge in [0.1, 0.15) is 24.5 Å². The summed E-state index contributed by atoms with van der Waals surface area (Å²) in [5.74, 6) is -0.410. The van der Waals surface area contributed by atoms with E-state index in [1.807, 2.05) is 25.7 Å². The first kappa shape index (κ1) is 24.4. The number of halogens is 1. The first-order valence-corrected chi connectivity index (χ1v) is 11.6. The molecular formula is C24H30FN7O3. The Morgan fingerprint density at radius 3 is 2.34 bits per heavy atom. The fraction of sp³-hybridized carbons (Fsp3) is 0.458. The second-order valence-electron chi connectivity index (χ2n) is 9.39. The maximum atomic E-state index is 13.2. The number of aromatic nitrogens is 5. The summed E-state index contributed by atoms with van der Waals surface area (Å²) in [6.45, 7) is 10.6. The molecule has 0 radical (unpaired) electrons. The Kier molecular flexibility index (Phi) is 6.86. The van der Waals surface area contributed by atoms with Crippen molar-refractivity contribution in [2.45, 2.75) is 39.8 Å². The van der Waals surface area contributed by atoms with E-state index in [1.54, 1.807) is 25.1 Å². The molecule has 0 spiro atoms. The SMILES string of the molecule is CCOC(=O)c1cc(C(C)(C)C)nn1Cn1cnc(N2CCN(c3ccc(F)cc3)CC2)nc1=O. The lowest BCUT2D eigenvalue weighted by Gasteiger charge is -2.36. The first-order chi connectivity index (χ1) is 16.7. The number of nitrogens with zero attached hydrogens (tertiary/aromatic N) is 7. The van der Waals surface area contributed by atoms with E-state index in [1.165, 1.54) is 27.7 Å². The van der Waals surface area contributed by atoms with Gasteiger partial charge in [0.2, 0.25) is 5.95 Å². The van der Waals surface area contributed by atoms with Crippen LogP contribution in [-0.2, 0) is 16.8 Å². The highest BCUT2D eigenvalue weighted by Gasteiger charge is 2.24. The topological polar surface area (TPSA) is 98.4 Å². The molecule has 10 nitrogen and oxygen atoms in total. The van der Waals surface area contributed by atoms with Crippen LogP contribution in [0.5, 0.6) is 0 Å². The van der Waals surface area contributed by atoms with Crippen LogP contribution in [0.3, 0.4) is 0 Å². The smallest absolute Gasteiger partial charge is 0.356 e. The number of anilines is 2. The highest BCUT2D eigenvalue weighted by atomic mass is 19.1. The van der Waals surface area contributed by atoms with Crippen LogP contribution in [0.25, 0.3) is 0 Å². The molecule has 0 bridgehead atoms. The summed E-state index contributed by atoms with van der Waals surface area (Å²) in [7, 11) is 0. The van der Waals surface area contributed by atoms with Gasteiger partial charge < -0.3 is 14.5 Å². The zero-order valence-corrected chi connectivity index (χ0v) is 20.4.